The van der Waals surface area contributed by atoms with E-state index in [4.69, 9.17) is 0 Å². The minimum absolute atomic E-state index is 0.159. The summed E-state index contributed by atoms with van der Waals surface area (Å²) in [6, 6.07) is 25.0. The summed E-state index contributed by atoms with van der Waals surface area (Å²) in [6.45, 7) is 4.62. The maximum absolute atomic E-state index is 13.3. The molecule has 0 aliphatic heterocycles. The number of pyridine rings is 1. The van der Waals surface area contributed by atoms with E-state index in [9.17, 15) is 9.59 Å². The molecule has 1 aromatic heterocycles. The van der Waals surface area contributed by atoms with Crippen molar-refractivity contribution in [2.24, 2.45) is 0 Å². The van der Waals surface area contributed by atoms with Crippen molar-refractivity contribution in [1.82, 2.24) is 9.88 Å². The molecule has 0 saturated heterocycles. The van der Waals surface area contributed by atoms with Gasteiger partial charge in [0.25, 0.3) is 5.91 Å². The van der Waals surface area contributed by atoms with E-state index < -0.39 is 0 Å². The van der Waals surface area contributed by atoms with Crippen LogP contribution in [-0.2, 0) is 6.54 Å². The minimum atomic E-state index is -0.372. The molecule has 0 aliphatic rings. The maximum Gasteiger partial charge on any atom is 0.257 e. The first kappa shape index (κ1) is 19.6. The molecule has 4 heteroatoms. The first-order chi connectivity index (χ1) is 14.6. The van der Waals surface area contributed by atoms with Crippen LogP contribution in [0.5, 0.6) is 0 Å². The summed E-state index contributed by atoms with van der Waals surface area (Å²) in [6.07, 6.45) is 1.67. The van der Waals surface area contributed by atoms with E-state index in [2.05, 4.69) is 5.32 Å². The molecular weight excluding hydrogens is 372 g/mol. The Labute approximate surface area is 175 Å². The van der Waals surface area contributed by atoms with Gasteiger partial charge in [0, 0.05) is 18.1 Å². The first-order valence-electron chi connectivity index (χ1n) is 10.1. The number of nitrogens with one attached hydrogen (secondary N) is 1. The van der Waals surface area contributed by atoms with Crippen LogP contribution in [0, 0.1) is 6.92 Å². The van der Waals surface area contributed by atoms with E-state index in [0.29, 0.717) is 11.9 Å². The average Bonchev–Trinajstić information content (AvgIpc) is 2.79. The van der Waals surface area contributed by atoms with Gasteiger partial charge in [0.1, 0.15) is 5.56 Å². The summed E-state index contributed by atoms with van der Waals surface area (Å²) in [4.78, 5) is 26.5. The van der Waals surface area contributed by atoms with Gasteiger partial charge < -0.3 is 9.88 Å². The second-order valence-electron chi connectivity index (χ2n) is 7.41. The Hall–Kier alpha value is -3.66. The predicted octanol–water partition coefficient (Wildman–Crippen LogP) is 4.85. The molecule has 0 radical (unpaired) electrons. The fraction of sp³-hybridized carbons (Fsp3) is 0.154. The van der Waals surface area contributed by atoms with Gasteiger partial charge in [-0.1, -0.05) is 72.3 Å². The Morgan fingerprint density at radius 2 is 1.53 bits per heavy atom. The number of aryl methyl sites for hydroxylation is 2. The zero-order valence-electron chi connectivity index (χ0n) is 17.1. The highest BCUT2D eigenvalue weighted by Crippen LogP contribution is 2.22. The van der Waals surface area contributed by atoms with Crippen LogP contribution in [0.15, 0.2) is 89.9 Å². The van der Waals surface area contributed by atoms with Gasteiger partial charge in [-0.25, -0.2) is 0 Å². The van der Waals surface area contributed by atoms with Crippen LogP contribution < -0.4 is 10.7 Å². The zero-order valence-corrected chi connectivity index (χ0v) is 17.1. The number of fused-ring (bicyclic) bond motifs is 1. The lowest BCUT2D eigenvalue weighted by Crippen LogP contribution is -2.33. The smallest absolute Gasteiger partial charge is 0.257 e. The van der Waals surface area contributed by atoms with Crippen molar-refractivity contribution < 1.29 is 4.79 Å². The van der Waals surface area contributed by atoms with Gasteiger partial charge in [0.15, 0.2) is 0 Å². The van der Waals surface area contributed by atoms with Crippen molar-refractivity contribution in [2.75, 3.05) is 0 Å². The van der Waals surface area contributed by atoms with Gasteiger partial charge >= 0.3 is 0 Å². The lowest BCUT2D eigenvalue weighted by molar-refractivity contribution is 0.0941. The number of carbonyl (C=O) groups excluding carboxylic acids is 1. The van der Waals surface area contributed by atoms with E-state index in [0.717, 1.165) is 22.2 Å². The molecule has 0 bridgehead atoms. The average molecular weight is 396 g/mol. The number of rotatable bonds is 5. The second kappa shape index (κ2) is 8.37. The van der Waals surface area contributed by atoms with Crippen molar-refractivity contribution in [2.45, 2.75) is 26.4 Å². The maximum atomic E-state index is 13.3. The molecule has 0 atom stereocenters. The molecule has 0 aliphatic carbocycles. The SMILES string of the molecule is CCn1cc(C(=O)NC(c2ccccc2)c2ccccc2)c(=O)c2cc(C)ccc21. The largest absolute Gasteiger partial charge is 0.347 e. The first-order valence-corrected chi connectivity index (χ1v) is 10.1. The van der Waals surface area contributed by atoms with E-state index in [1.165, 1.54) is 0 Å². The van der Waals surface area contributed by atoms with Gasteiger partial charge in [-0.05, 0) is 37.1 Å². The van der Waals surface area contributed by atoms with Crippen LogP contribution in [0.3, 0.4) is 0 Å². The van der Waals surface area contributed by atoms with E-state index in [1.54, 1.807) is 6.20 Å². The molecule has 0 unspecified atom stereocenters. The summed E-state index contributed by atoms with van der Waals surface area (Å²) in [5, 5.41) is 3.65. The topological polar surface area (TPSA) is 51.1 Å². The number of nitrogens with zero attached hydrogens (tertiary/aromatic N) is 1. The molecule has 30 heavy (non-hydrogen) atoms. The summed E-state index contributed by atoms with van der Waals surface area (Å²) in [5.41, 5.74) is 3.68. The van der Waals surface area contributed by atoms with Crippen molar-refractivity contribution >= 4 is 16.8 Å². The highest BCUT2D eigenvalue weighted by molar-refractivity contribution is 5.97. The molecular formula is C26H24N2O2. The predicted molar refractivity (Wildman–Crippen MR) is 121 cm³/mol. The lowest BCUT2D eigenvalue weighted by Gasteiger charge is -2.20. The molecule has 1 amide bonds. The molecule has 1 N–H and O–H groups in total. The Morgan fingerprint density at radius 1 is 0.933 bits per heavy atom. The number of hydrogen-bond donors (Lipinski definition) is 1. The number of benzene rings is 3. The highest BCUT2D eigenvalue weighted by atomic mass is 16.2. The van der Waals surface area contributed by atoms with E-state index in [1.807, 2.05) is 97.3 Å². The van der Waals surface area contributed by atoms with Crippen molar-refractivity contribution in [1.29, 1.82) is 0 Å². The molecule has 150 valence electrons. The monoisotopic (exact) mass is 396 g/mol. The molecule has 4 rings (SSSR count). The summed E-state index contributed by atoms with van der Waals surface area (Å²) in [7, 11) is 0. The molecule has 0 fully saturated rings. The standard InChI is InChI=1S/C26H24N2O2/c1-3-28-17-22(25(29)21-16-18(2)14-15-23(21)28)26(30)27-24(19-10-6-4-7-11-19)20-12-8-5-9-13-20/h4-17,24H,3H2,1-2H3,(H,27,30). The molecule has 1 heterocycles. The zero-order chi connectivity index (χ0) is 21.1. The summed E-state index contributed by atoms with van der Waals surface area (Å²) >= 11 is 0. The third kappa shape index (κ3) is 3.77. The summed E-state index contributed by atoms with van der Waals surface area (Å²) in [5.74, 6) is -0.372. The third-order valence-electron chi connectivity index (χ3n) is 5.36. The number of hydrogen-bond acceptors (Lipinski definition) is 2. The molecule has 0 spiro atoms. The van der Waals surface area contributed by atoms with Crippen LogP contribution in [0.4, 0.5) is 0 Å². The van der Waals surface area contributed by atoms with Crippen LogP contribution in [0.2, 0.25) is 0 Å². The Balaban J connectivity index is 1.79. The molecule has 4 nitrogen and oxygen atoms in total. The lowest BCUT2D eigenvalue weighted by atomic mass is 9.98. The van der Waals surface area contributed by atoms with Crippen LogP contribution in [0.25, 0.3) is 10.9 Å². The van der Waals surface area contributed by atoms with Gasteiger partial charge in [-0.15, -0.1) is 0 Å². The van der Waals surface area contributed by atoms with Crippen molar-refractivity contribution in [3.8, 4) is 0 Å². The van der Waals surface area contributed by atoms with Crippen molar-refractivity contribution in [3.63, 3.8) is 0 Å². The van der Waals surface area contributed by atoms with Crippen molar-refractivity contribution in [3.05, 3.63) is 118 Å². The number of amides is 1. The Morgan fingerprint density at radius 3 is 2.10 bits per heavy atom. The Bertz CT molecular complexity index is 1210. The second-order valence-corrected chi connectivity index (χ2v) is 7.41. The van der Waals surface area contributed by atoms with Crippen LogP contribution in [-0.4, -0.2) is 10.5 Å². The van der Waals surface area contributed by atoms with Gasteiger partial charge in [0.05, 0.1) is 11.6 Å². The quantitative estimate of drug-likeness (QED) is 0.524. The van der Waals surface area contributed by atoms with E-state index >= 15 is 0 Å². The van der Waals surface area contributed by atoms with E-state index in [-0.39, 0.29) is 22.9 Å². The van der Waals surface area contributed by atoms with Gasteiger partial charge in [-0.2, -0.15) is 0 Å². The fourth-order valence-electron chi connectivity index (χ4n) is 3.79. The summed E-state index contributed by atoms with van der Waals surface area (Å²) < 4.78 is 1.95. The fourth-order valence-corrected chi connectivity index (χ4v) is 3.79. The number of carbonyl (C=O) groups is 1. The molecule has 4 aromatic rings. The normalized spacial score (nSPS) is 11.0. The molecule has 0 saturated carbocycles. The highest BCUT2D eigenvalue weighted by Gasteiger charge is 2.21. The number of aromatic nitrogens is 1. The van der Waals surface area contributed by atoms with Crippen LogP contribution in [0.1, 0.15) is 40.0 Å². The van der Waals surface area contributed by atoms with Crippen LogP contribution >= 0.6 is 0 Å². The van der Waals surface area contributed by atoms with Gasteiger partial charge in [-0.3, -0.25) is 9.59 Å². The minimum Gasteiger partial charge on any atom is -0.347 e. The molecule has 3 aromatic carbocycles. The van der Waals surface area contributed by atoms with Gasteiger partial charge in [0.2, 0.25) is 5.43 Å². The third-order valence-corrected chi connectivity index (χ3v) is 5.36. The Kier molecular flexibility index (Phi) is 5.48.